The molecule has 2 rings (SSSR count). The normalized spacial score (nSPS) is 19.6. The molecule has 1 N–H and O–H groups in total. The van der Waals surface area contributed by atoms with Crippen LogP contribution in [0.5, 0.6) is 0 Å². The number of nitrogens with zero attached hydrogens (tertiary/aromatic N) is 1. The molecule has 0 bridgehead atoms. The fraction of sp³-hybridized carbons (Fsp3) is 0.417. The molecule has 17 heavy (non-hydrogen) atoms. The summed E-state index contributed by atoms with van der Waals surface area (Å²) < 4.78 is 13.0. The number of nitrogens with one attached hydrogen (secondary N) is 1. The summed E-state index contributed by atoms with van der Waals surface area (Å²) in [7, 11) is 0. The van der Waals surface area contributed by atoms with Gasteiger partial charge in [0.05, 0.1) is 0 Å². The van der Waals surface area contributed by atoms with Gasteiger partial charge < -0.3 is 10.2 Å². The molecule has 0 radical (unpaired) electrons. The maximum Gasteiger partial charge on any atom is 0.254 e. The number of halogens is 2. The van der Waals surface area contributed by atoms with Gasteiger partial charge in [0.1, 0.15) is 5.82 Å². The van der Waals surface area contributed by atoms with Gasteiger partial charge in [-0.1, -0.05) is 6.07 Å². The zero-order valence-electron chi connectivity index (χ0n) is 9.65. The molecular formula is C12H16ClFN2O. The molecule has 1 heterocycles. The molecule has 0 aromatic heterocycles. The summed E-state index contributed by atoms with van der Waals surface area (Å²) in [6.07, 6.45) is 0. The molecule has 1 aromatic carbocycles. The quantitative estimate of drug-likeness (QED) is 0.831. The lowest BCUT2D eigenvalue weighted by Gasteiger charge is -2.34. The third-order valence-corrected chi connectivity index (χ3v) is 2.83. The molecule has 3 nitrogen and oxygen atoms in total. The number of hydrogen-bond acceptors (Lipinski definition) is 2. The summed E-state index contributed by atoms with van der Waals surface area (Å²) in [6.45, 7) is 4.26. The van der Waals surface area contributed by atoms with Gasteiger partial charge in [-0.05, 0) is 25.1 Å². The Kier molecular flexibility index (Phi) is 4.90. The number of piperazine rings is 1. The van der Waals surface area contributed by atoms with Crippen LogP contribution in [0.15, 0.2) is 24.3 Å². The molecule has 1 saturated heterocycles. The molecule has 0 saturated carbocycles. The number of carbonyl (C=O) groups is 1. The summed E-state index contributed by atoms with van der Waals surface area (Å²) in [5.74, 6) is -0.456. The summed E-state index contributed by atoms with van der Waals surface area (Å²) in [6, 6.07) is 6.01. The van der Waals surface area contributed by atoms with Crippen molar-refractivity contribution in [2.45, 2.75) is 13.0 Å². The van der Waals surface area contributed by atoms with Gasteiger partial charge in [-0.25, -0.2) is 4.39 Å². The molecule has 0 aliphatic carbocycles. The van der Waals surface area contributed by atoms with Gasteiger partial charge in [0, 0.05) is 31.2 Å². The highest BCUT2D eigenvalue weighted by Gasteiger charge is 2.23. The highest BCUT2D eigenvalue weighted by atomic mass is 35.5. The first-order chi connectivity index (χ1) is 7.68. The molecule has 1 aromatic rings. The number of carbonyl (C=O) groups excluding carboxylic acids is 1. The zero-order valence-corrected chi connectivity index (χ0v) is 10.5. The Morgan fingerprint density at radius 2 is 2.29 bits per heavy atom. The van der Waals surface area contributed by atoms with Crippen molar-refractivity contribution in [2.24, 2.45) is 0 Å². The van der Waals surface area contributed by atoms with Gasteiger partial charge >= 0.3 is 0 Å². The molecule has 1 amide bonds. The summed E-state index contributed by atoms with van der Waals surface area (Å²) in [4.78, 5) is 13.9. The van der Waals surface area contributed by atoms with Gasteiger partial charge in [0.2, 0.25) is 0 Å². The van der Waals surface area contributed by atoms with E-state index < -0.39 is 0 Å². The molecule has 0 spiro atoms. The van der Waals surface area contributed by atoms with Crippen LogP contribution in [0.2, 0.25) is 0 Å². The average molecular weight is 259 g/mol. The molecule has 0 unspecified atom stereocenters. The van der Waals surface area contributed by atoms with E-state index in [0.717, 1.165) is 13.1 Å². The number of amides is 1. The Balaban J connectivity index is 0.00000144. The second-order valence-corrected chi connectivity index (χ2v) is 4.06. The van der Waals surface area contributed by atoms with Crippen molar-refractivity contribution in [3.63, 3.8) is 0 Å². The van der Waals surface area contributed by atoms with Gasteiger partial charge in [-0.2, -0.15) is 0 Å². The largest absolute Gasteiger partial charge is 0.333 e. The van der Waals surface area contributed by atoms with Crippen LogP contribution in [0, 0.1) is 5.82 Å². The lowest BCUT2D eigenvalue weighted by atomic mass is 10.1. The van der Waals surface area contributed by atoms with Crippen molar-refractivity contribution in [2.75, 3.05) is 19.6 Å². The minimum absolute atomic E-state index is 0. The van der Waals surface area contributed by atoms with Crippen molar-refractivity contribution in [3.8, 4) is 0 Å². The summed E-state index contributed by atoms with van der Waals surface area (Å²) >= 11 is 0. The van der Waals surface area contributed by atoms with Crippen molar-refractivity contribution in [1.82, 2.24) is 10.2 Å². The van der Waals surface area contributed by atoms with E-state index in [2.05, 4.69) is 5.32 Å². The molecule has 1 atom stereocenters. The van der Waals surface area contributed by atoms with Crippen LogP contribution in [0.3, 0.4) is 0 Å². The summed E-state index contributed by atoms with van der Waals surface area (Å²) in [5.41, 5.74) is 0.425. The minimum Gasteiger partial charge on any atom is -0.333 e. The Morgan fingerprint density at radius 3 is 2.94 bits per heavy atom. The van der Waals surface area contributed by atoms with Gasteiger partial charge in [0.25, 0.3) is 5.91 Å². The monoisotopic (exact) mass is 258 g/mol. The topological polar surface area (TPSA) is 32.3 Å². The average Bonchev–Trinajstić information content (AvgIpc) is 2.29. The standard InChI is InChI=1S/C12H15FN2O.ClH/c1-9-8-14-5-6-15(9)12(16)10-3-2-4-11(13)7-10;/h2-4,7,9,14H,5-6,8H2,1H3;1H/t9-;/m0./s1. The Bertz CT molecular complexity index is 400. The molecule has 1 aliphatic rings. The predicted octanol–water partition coefficient (Wildman–Crippen LogP) is 1.68. The smallest absolute Gasteiger partial charge is 0.254 e. The first kappa shape index (κ1) is 13.9. The van der Waals surface area contributed by atoms with Crippen molar-refractivity contribution < 1.29 is 9.18 Å². The van der Waals surface area contributed by atoms with Crippen molar-refractivity contribution in [1.29, 1.82) is 0 Å². The Hall–Kier alpha value is -1.13. The highest BCUT2D eigenvalue weighted by Crippen LogP contribution is 2.11. The fourth-order valence-electron chi connectivity index (χ4n) is 1.93. The Morgan fingerprint density at radius 1 is 1.53 bits per heavy atom. The van der Waals surface area contributed by atoms with Crippen molar-refractivity contribution in [3.05, 3.63) is 35.6 Å². The lowest BCUT2D eigenvalue weighted by molar-refractivity contribution is 0.0655. The van der Waals surface area contributed by atoms with Crippen molar-refractivity contribution >= 4 is 18.3 Å². The van der Waals surface area contributed by atoms with E-state index in [-0.39, 0.29) is 30.2 Å². The first-order valence-electron chi connectivity index (χ1n) is 5.46. The van der Waals surface area contributed by atoms with E-state index in [1.54, 1.807) is 17.0 Å². The van der Waals surface area contributed by atoms with Gasteiger partial charge in [-0.3, -0.25) is 4.79 Å². The van der Waals surface area contributed by atoms with E-state index in [4.69, 9.17) is 0 Å². The second-order valence-electron chi connectivity index (χ2n) is 4.06. The fourth-order valence-corrected chi connectivity index (χ4v) is 1.93. The second kappa shape index (κ2) is 5.98. The van der Waals surface area contributed by atoms with Crippen LogP contribution < -0.4 is 5.32 Å². The van der Waals surface area contributed by atoms with Gasteiger partial charge in [0.15, 0.2) is 0 Å². The zero-order chi connectivity index (χ0) is 11.5. The van der Waals surface area contributed by atoms with Crippen LogP contribution in [0.4, 0.5) is 4.39 Å². The maximum absolute atomic E-state index is 13.0. The third-order valence-electron chi connectivity index (χ3n) is 2.83. The van der Waals surface area contributed by atoms with Crippen LogP contribution in [-0.2, 0) is 0 Å². The highest BCUT2D eigenvalue weighted by molar-refractivity contribution is 5.94. The minimum atomic E-state index is -0.367. The van der Waals surface area contributed by atoms with E-state index in [1.807, 2.05) is 6.92 Å². The van der Waals surface area contributed by atoms with E-state index in [1.165, 1.54) is 12.1 Å². The van der Waals surface area contributed by atoms with Crippen LogP contribution in [0.1, 0.15) is 17.3 Å². The molecule has 1 aliphatic heterocycles. The maximum atomic E-state index is 13.0. The number of hydrogen-bond donors (Lipinski definition) is 1. The number of rotatable bonds is 1. The van der Waals surface area contributed by atoms with E-state index >= 15 is 0 Å². The molecule has 94 valence electrons. The first-order valence-corrected chi connectivity index (χ1v) is 5.46. The van der Waals surface area contributed by atoms with Crippen LogP contribution in [-0.4, -0.2) is 36.5 Å². The van der Waals surface area contributed by atoms with E-state index in [9.17, 15) is 9.18 Å². The molecular weight excluding hydrogens is 243 g/mol. The third kappa shape index (κ3) is 3.17. The van der Waals surface area contributed by atoms with Crippen LogP contribution >= 0.6 is 12.4 Å². The van der Waals surface area contributed by atoms with Gasteiger partial charge in [-0.15, -0.1) is 12.4 Å². The summed E-state index contributed by atoms with van der Waals surface area (Å²) in [5, 5.41) is 3.21. The van der Waals surface area contributed by atoms with Crippen LogP contribution in [0.25, 0.3) is 0 Å². The molecule has 1 fully saturated rings. The predicted molar refractivity (Wildman–Crippen MR) is 67.0 cm³/mol. The van der Waals surface area contributed by atoms with E-state index in [0.29, 0.717) is 12.1 Å². The Labute approximate surface area is 106 Å². The lowest BCUT2D eigenvalue weighted by Crippen LogP contribution is -2.52. The number of benzene rings is 1. The SMILES string of the molecule is C[C@H]1CNCCN1C(=O)c1cccc(F)c1.Cl. The molecule has 5 heteroatoms.